The summed E-state index contributed by atoms with van der Waals surface area (Å²) >= 11 is 0. The second kappa shape index (κ2) is 9.43. The Hall–Kier alpha value is -1.51. The lowest BCUT2D eigenvalue weighted by Gasteiger charge is -2.23. The number of carbonyl (C=O) groups is 1. The van der Waals surface area contributed by atoms with Gasteiger partial charge in [-0.3, -0.25) is 4.79 Å². The number of nitrogens with one attached hydrogen (secondary N) is 2. The quantitative estimate of drug-likeness (QED) is 0.768. The maximum Gasteiger partial charge on any atom is 0.221 e. The lowest BCUT2D eigenvalue weighted by Crippen LogP contribution is -2.45. The first-order valence-corrected chi connectivity index (χ1v) is 10.3. The van der Waals surface area contributed by atoms with E-state index in [1.165, 1.54) is 12.1 Å². The third-order valence-electron chi connectivity index (χ3n) is 4.34. The van der Waals surface area contributed by atoms with E-state index in [1.807, 2.05) is 0 Å². The molecule has 1 unspecified atom stereocenters. The molecular weight excluding hydrogens is 380 g/mol. The first kappa shape index (κ1) is 20.8. The smallest absolute Gasteiger partial charge is 0.221 e. The van der Waals surface area contributed by atoms with E-state index in [0.717, 1.165) is 32.4 Å². The van der Waals surface area contributed by atoms with Gasteiger partial charge in [0.2, 0.25) is 5.91 Å². The molecule has 9 heteroatoms. The monoisotopic (exact) mass is 404 g/mol. The Labute approximate surface area is 160 Å². The minimum Gasteiger partial charge on any atom is -0.490 e. The SMILES string of the molecule is Cl.O=C(CCS(=O)(=O)c1ccc2c(c1)OCCCO2)NC1CCCNC1. The van der Waals surface area contributed by atoms with Gasteiger partial charge < -0.3 is 20.1 Å². The molecule has 0 radical (unpaired) electrons. The lowest BCUT2D eigenvalue weighted by atomic mass is 10.1. The van der Waals surface area contributed by atoms with Crippen molar-refractivity contribution in [1.82, 2.24) is 10.6 Å². The summed E-state index contributed by atoms with van der Waals surface area (Å²) in [6.45, 7) is 2.75. The number of amides is 1. The maximum absolute atomic E-state index is 12.5. The van der Waals surface area contributed by atoms with Crippen LogP contribution in [-0.2, 0) is 14.6 Å². The molecule has 1 aromatic carbocycles. The minimum atomic E-state index is -3.55. The lowest BCUT2D eigenvalue weighted by molar-refractivity contribution is -0.121. The molecule has 1 aromatic rings. The van der Waals surface area contributed by atoms with E-state index in [4.69, 9.17) is 9.47 Å². The molecule has 0 saturated carbocycles. The van der Waals surface area contributed by atoms with Crippen LogP contribution in [0.3, 0.4) is 0 Å². The van der Waals surface area contributed by atoms with Crippen LogP contribution < -0.4 is 20.1 Å². The third kappa shape index (κ3) is 5.49. The van der Waals surface area contributed by atoms with Crippen LogP contribution in [0, 0.1) is 0 Å². The van der Waals surface area contributed by atoms with Gasteiger partial charge in [0.25, 0.3) is 0 Å². The molecule has 2 aliphatic heterocycles. The van der Waals surface area contributed by atoms with Crippen LogP contribution in [0.25, 0.3) is 0 Å². The summed E-state index contributed by atoms with van der Waals surface area (Å²) in [5.74, 6) is 0.542. The highest BCUT2D eigenvalue weighted by Crippen LogP contribution is 2.32. The summed E-state index contributed by atoms with van der Waals surface area (Å²) in [6, 6.07) is 4.69. The highest BCUT2D eigenvalue weighted by Gasteiger charge is 2.21. The zero-order chi connectivity index (χ0) is 17.7. The molecule has 1 fully saturated rings. The van der Waals surface area contributed by atoms with Crippen LogP contribution in [0.2, 0.25) is 0 Å². The number of hydrogen-bond donors (Lipinski definition) is 2. The zero-order valence-corrected chi connectivity index (χ0v) is 16.2. The molecule has 0 aliphatic carbocycles. The molecule has 1 amide bonds. The summed E-state index contributed by atoms with van der Waals surface area (Å²) < 4.78 is 36.1. The van der Waals surface area contributed by atoms with E-state index in [9.17, 15) is 13.2 Å². The van der Waals surface area contributed by atoms with Crippen LogP contribution >= 0.6 is 12.4 Å². The van der Waals surface area contributed by atoms with E-state index in [0.29, 0.717) is 24.7 Å². The Kier molecular flexibility index (Phi) is 7.55. The second-order valence-corrected chi connectivity index (χ2v) is 8.45. The maximum atomic E-state index is 12.5. The molecule has 3 rings (SSSR count). The van der Waals surface area contributed by atoms with Crippen LogP contribution in [0.1, 0.15) is 25.7 Å². The highest BCUT2D eigenvalue weighted by atomic mass is 35.5. The van der Waals surface area contributed by atoms with Gasteiger partial charge in [-0.15, -0.1) is 12.4 Å². The highest BCUT2D eigenvalue weighted by molar-refractivity contribution is 7.91. The average molecular weight is 405 g/mol. The number of carbonyl (C=O) groups excluding carboxylic acids is 1. The minimum absolute atomic E-state index is 0. The summed E-state index contributed by atoms with van der Waals surface area (Å²) in [7, 11) is -3.55. The van der Waals surface area contributed by atoms with Crippen molar-refractivity contribution in [2.75, 3.05) is 32.1 Å². The van der Waals surface area contributed by atoms with Gasteiger partial charge in [-0.25, -0.2) is 8.42 Å². The zero-order valence-electron chi connectivity index (χ0n) is 14.5. The van der Waals surface area contributed by atoms with Crippen LogP contribution in [0.4, 0.5) is 0 Å². The van der Waals surface area contributed by atoms with Crippen molar-refractivity contribution >= 4 is 28.2 Å². The number of hydrogen-bond acceptors (Lipinski definition) is 6. The molecule has 2 aliphatic rings. The molecule has 2 N–H and O–H groups in total. The Bertz CT molecular complexity index is 720. The van der Waals surface area contributed by atoms with Crippen LogP contribution in [-0.4, -0.2) is 52.4 Å². The van der Waals surface area contributed by atoms with Gasteiger partial charge in [-0.1, -0.05) is 0 Å². The fourth-order valence-electron chi connectivity index (χ4n) is 2.96. The molecule has 1 saturated heterocycles. The normalized spacial score (nSPS) is 19.8. The van der Waals surface area contributed by atoms with Crippen molar-refractivity contribution in [1.29, 1.82) is 0 Å². The largest absolute Gasteiger partial charge is 0.490 e. The predicted octanol–water partition coefficient (Wildman–Crippen LogP) is 1.30. The number of ether oxygens (including phenoxy) is 2. The van der Waals surface area contributed by atoms with Crippen molar-refractivity contribution in [2.24, 2.45) is 0 Å². The van der Waals surface area contributed by atoms with Crippen molar-refractivity contribution < 1.29 is 22.7 Å². The molecule has 1 atom stereocenters. The molecule has 7 nitrogen and oxygen atoms in total. The van der Waals surface area contributed by atoms with Gasteiger partial charge in [0.15, 0.2) is 21.3 Å². The Balaban J connectivity index is 0.00000243. The van der Waals surface area contributed by atoms with Crippen molar-refractivity contribution in [3.05, 3.63) is 18.2 Å². The van der Waals surface area contributed by atoms with Crippen molar-refractivity contribution in [3.63, 3.8) is 0 Å². The standard InChI is InChI=1S/C17H24N2O5S.ClH/c20-17(19-13-3-1-7-18-12-13)6-10-25(21,22)14-4-5-15-16(11-14)24-9-2-8-23-15;/h4-5,11,13,18H,1-3,6-10,12H2,(H,19,20);1H. The Morgan fingerprint density at radius 3 is 2.69 bits per heavy atom. The van der Waals surface area contributed by atoms with E-state index in [-0.39, 0.29) is 41.4 Å². The number of fused-ring (bicyclic) bond motifs is 1. The number of halogens is 1. The second-order valence-electron chi connectivity index (χ2n) is 6.34. The first-order valence-electron chi connectivity index (χ1n) is 8.67. The molecular formula is C17H25ClN2O5S. The number of benzene rings is 1. The summed E-state index contributed by atoms with van der Waals surface area (Å²) in [5, 5.41) is 6.10. The summed E-state index contributed by atoms with van der Waals surface area (Å²) in [4.78, 5) is 12.2. The Morgan fingerprint density at radius 1 is 1.19 bits per heavy atom. The topological polar surface area (TPSA) is 93.7 Å². The van der Waals surface area contributed by atoms with Crippen LogP contribution in [0.5, 0.6) is 11.5 Å². The average Bonchev–Trinajstić information content (AvgIpc) is 2.86. The van der Waals surface area contributed by atoms with E-state index < -0.39 is 9.84 Å². The van der Waals surface area contributed by atoms with Gasteiger partial charge in [0.05, 0.1) is 23.9 Å². The van der Waals surface area contributed by atoms with Gasteiger partial charge in [0, 0.05) is 31.5 Å². The van der Waals surface area contributed by atoms with Crippen molar-refractivity contribution in [2.45, 2.75) is 36.6 Å². The molecule has 0 aromatic heterocycles. The molecule has 0 spiro atoms. The third-order valence-corrected chi connectivity index (χ3v) is 6.05. The molecule has 26 heavy (non-hydrogen) atoms. The number of piperidine rings is 1. The van der Waals surface area contributed by atoms with Gasteiger partial charge in [-0.05, 0) is 31.5 Å². The van der Waals surface area contributed by atoms with Gasteiger partial charge in [-0.2, -0.15) is 0 Å². The first-order chi connectivity index (χ1) is 12.0. The number of sulfone groups is 1. The van der Waals surface area contributed by atoms with E-state index in [1.54, 1.807) is 6.07 Å². The molecule has 146 valence electrons. The fourth-order valence-corrected chi connectivity index (χ4v) is 4.21. The van der Waals surface area contributed by atoms with E-state index in [2.05, 4.69) is 10.6 Å². The summed E-state index contributed by atoms with van der Waals surface area (Å²) in [6.07, 6.45) is 2.65. The fraction of sp³-hybridized carbons (Fsp3) is 0.588. The van der Waals surface area contributed by atoms with E-state index >= 15 is 0 Å². The molecule has 2 heterocycles. The summed E-state index contributed by atoms with van der Waals surface area (Å²) in [5.41, 5.74) is 0. The molecule has 0 bridgehead atoms. The van der Waals surface area contributed by atoms with Crippen molar-refractivity contribution in [3.8, 4) is 11.5 Å². The van der Waals surface area contributed by atoms with Crippen LogP contribution in [0.15, 0.2) is 23.1 Å². The number of rotatable bonds is 5. The predicted molar refractivity (Wildman–Crippen MR) is 100 cm³/mol. The van der Waals surface area contributed by atoms with Gasteiger partial charge in [0.1, 0.15) is 0 Å². The van der Waals surface area contributed by atoms with Gasteiger partial charge >= 0.3 is 0 Å². The Morgan fingerprint density at radius 2 is 1.96 bits per heavy atom.